The summed E-state index contributed by atoms with van der Waals surface area (Å²) in [6, 6.07) is 7.31. The Bertz CT molecular complexity index is 822. The SMILES string of the molecule is CCCCN1C(=O)CC[C@@H](C(=O)NC2CCN(C(=O)OCC)CC2)[C@H]1c1ccccc1OC. The van der Waals surface area contributed by atoms with Gasteiger partial charge in [-0.3, -0.25) is 9.59 Å². The van der Waals surface area contributed by atoms with Crippen molar-refractivity contribution in [3.63, 3.8) is 0 Å². The molecule has 0 saturated carbocycles. The van der Waals surface area contributed by atoms with Gasteiger partial charge in [0.2, 0.25) is 11.8 Å². The first-order valence-electron chi connectivity index (χ1n) is 12.1. The maximum absolute atomic E-state index is 13.5. The van der Waals surface area contributed by atoms with Crippen LogP contribution >= 0.6 is 0 Å². The van der Waals surface area contributed by atoms with Crippen molar-refractivity contribution in [2.45, 2.75) is 64.5 Å². The minimum absolute atomic E-state index is 0.00298. The molecule has 1 aromatic rings. The summed E-state index contributed by atoms with van der Waals surface area (Å²) in [5, 5.41) is 3.21. The maximum Gasteiger partial charge on any atom is 0.409 e. The van der Waals surface area contributed by atoms with Crippen LogP contribution in [-0.4, -0.2) is 67.1 Å². The quantitative estimate of drug-likeness (QED) is 0.643. The van der Waals surface area contributed by atoms with E-state index >= 15 is 0 Å². The van der Waals surface area contributed by atoms with Crippen LogP contribution in [0.25, 0.3) is 0 Å². The Hall–Kier alpha value is -2.77. The largest absolute Gasteiger partial charge is 0.496 e. The van der Waals surface area contributed by atoms with E-state index in [9.17, 15) is 14.4 Å². The molecule has 0 spiro atoms. The van der Waals surface area contributed by atoms with Gasteiger partial charge in [0.25, 0.3) is 0 Å². The lowest BCUT2D eigenvalue weighted by Gasteiger charge is -2.42. The number of ether oxygens (including phenoxy) is 2. The van der Waals surface area contributed by atoms with E-state index in [1.54, 1.807) is 18.9 Å². The third-order valence-electron chi connectivity index (χ3n) is 6.62. The van der Waals surface area contributed by atoms with E-state index in [1.807, 2.05) is 29.2 Å². The second-order valence-corrected chi connectivity index (χ2v) is 8.74. The fourth-order valence-corrected chi connectivity index (χ4v) is 4.84. The molecule has 3 amide bonds. The molecule has 33 heavy (non-hydrogen) atoms. The summed E-state index contributed by atoms with van der Waals surface area (Å²) in [5.74, 6) is 0.402. The minimum atomic E-state index is -0.353. The Labute approximate surface area is 196 Å². The van der Waals surface area contributed by atoms with Crippen LogP contribution in [-0.2, 0) is 14.3 Å². The van der Waals surface area contributed by atoms with Gasteiger partial charge >= 0.3 is 6.09 Å². The molecule has 8 nitrogen and oxygen atoms in total. The van der Waals surface area contributed by atoms with Gasteiger partial charge in [0.1, 0.15) is 5.75 Å². The minimum Gasteiger partial charge on any atom is -0.496 e. The number of nitrogens with one attached hydrogen (secondary N) is 1. The number of hydrogen-bond donors (Lipinski definition) is 1. The molecular weight excluding hydrogens is 422 g/mol. The number of para-hydroxylation sites is 1. The summed E-state index contributed by atoms with van der Waals surface area (Å²) >= 11 is 0. The lowest BCUT2D eigenvalue weighted by Crippen LogP contribution is -2.52. The Morgan fingerprint density at radius 1 is 1.12 bits per heavy atom. The summed E-state index contributed by atoms with van der Waals surface area (Å²) < 4.78 is 10.7. The van der Waals surface area contributed by atoms with Crippen LogP contribution in [0.3, 0.4) is 0 Å². The van der Waals surface area contributed by atoms with Gasteiger partial charge in [-0.2, -0.15) is 0 Å². The van der Waals surface area contributed by atoms with Gasteiger partial charge in [-0.15, -0.1) is 0 Å². The van der Waals surface area contributed by atoms with Crippen molar-refractivity contribution in [3.05, 3.63) is 29.8 Å². The Balaban J connectivity index is 1.75. The van der Waals surface area contributed by atoms with Crippen LogP contribution in [0, 0.1) is 5.92 Å². The molecule has 2 aliphatic heterocycles. The number of unbranched alkanes of at least 4 members (excludes halogenated alkanes) is 1. The van der Waals surface area contributed by atoms with Gasteiger partial charge in [-0.1, -0.05) is 31.5 Å². The number of nitrogens with zero attached hydrogens (tertiary/aromatic N) is 2. The summed E-state index contributed by atoms with van der Waals surface area (Å²) in [4.78, 5) is 41.9. The Kier molecular flexibility index (Phi) is 8.97. The third-order valence-corrected chi connectivity index (χ3v) is 6.62. The number of amides is 3. The van der Waals surface area contributed by atoms with Crippen molar-refractivity contribution in [2.75, 3.05) is 33.4 Å². The van der Waals surface area contributed by atoms with Gasteiger partial charge in [0.05, 0.1) is 25.7 Å². The van der Waals surface area contributed by atoms with Gasteiger partial charge in [-0.25, -0.2) is 4.79 Å². The lowest BCUT2D eigenvalue weighted by molar-refractivity contribution is -0.143. The molecule has 2 saturated heterocycles. The molecule has 2 heterocycles. The number of benzene rings is 1. The fraction of sp³-hybridized carbons (Fsp3) is 0.640. The number of methoxy groups -OCH3 is 1. The Morgan fingerprint density at radius 2 is 1.85 bits per heavy atom. The van der Waals surface area contributed by atoms with E-state index in [4.69, 9.17) is 9.47 Å². The first kappa shape index (κ1) is 24.9. The van der Waals surface area contributed by atoms with E-state index in [0.717, 1.165) is 18.4 Å². The van der Waals surface area contributed by atoms with Crippen LogP contribution in [0.5, 0.6) is 5.75 Å². The molecule has 8 heteroatoms. The van der Waals surface area contributed by atoms with E-state index in [-0.39, 0.29) is 35.9 Å². The third kappa shape index (κ3) is 5.97. The first-order chi connectivity index (χ1) is 16.0. The average Bonchev–Trinajstić information content (AvgIpc) is 2.83. The average molecular weight is 460 g/mol. The number of carbonyl (C=O) groups is 3. The van der Waals surface area contributed by atoms with Crippen molar-refractivity contribution < 1.29 is 23.9 Å². The highest BCUT2D eigenvalue weighted by Crippen LogP contribution is 2.41. The van der Waals surface area contributed by atoms with Crippen LogP contribution in [0.4, 0.5) is 4.79 Å². The van der Waals surface area contributed by atoms with Gasteiger partial charge in [0.15, 0.2) is 0 Å². The highest BCUT2D eigenvalue weighted by atomic mass is 16.6. The van der Waals surface area contributed by atoms with Crippen molar-refractivity contribution >= 4 is 17.9 Å². The van der Waals surface area contributed by atoms with Gasteiger partial charge < -0.3 is 24.6 Å². The van der Waals surface area contributed by atoms with E-state index in [1.165, 1.54) is 0 Å². The molecule has 182 valence electrons. The number of carbonyl (C=O) groups excluding carboxylic acids is 3. The standard InChI is InChI=1S/C25H37N3O5/c1-4-6-15-28-22(29)12-11-20(23(28)19-9-7-8-10-21(19)32-3)24(30)26-18-13-16-27(17-14-18)25(31)33-5-2/h7-10,18,20,23H,4-6,11-17H2,1-3H3,(H,26,30)/t20-,23-/m1/s1. The smallest absolute Gasteiger partial charge is 0.409 e. The first-order valence-corrected chi connectivity index (χ1v) is 12.1. The predicted octanol–water partition coefficient (Wildman–Crippen LogP) is 3.51. The fourth-order valence-electron chi connectivity index (χ4n) is 4.84. The second-order valence-electron chi connectivity index (χ2n) is 8.74. The monoisotopic (exact) mass is 459 g/mol. The molecule has 0 unspecified atom stereocenters. The molecule has 0 radical (unpaired) electrons. The molecule has 1 N–H and O–H groups in total. The molecule has 2 aliphatic rings. The second kappa shape index (κ2) is 11.9. The highest BCUT2D eigenvalue weighted by molar-refractivity contribution is 5.85. The van der Waals surface area contributed by atoms with Gasteiger partial charge in [0, 0.05) is 37.7 Å². The van der Waals surface area contributed by atoms with E-state index in [0.29, 0.717) is 57.7 Å². The predicted molar refractivity (Wildman–Crippen MR) is 125 cm³/mol. The number of likely N-dealkylation sites (tertiary alicyclic amines) is 2. The van der Waals surface area contributed by atoms with Gasteiger partial charge in [-0.05, 0) is 38.7 Å². The van der Waals surface area contributed by atoms with Crippen molar-refractivity contribution in [3.8, 4) is 5.75 Å². The summed E-state index contributed by atoms with van der Waals surface area (Å²) in [6.45, 7) is 5.99. The van der Waals surface area contributed by atoms with Crippen molar-refractivity contribution in [2.24, 2.45) is 5.92 Å². The summed E-state index contributed by atoms with van der Waals surface area (Å²) in [7, 11) is 1.62. The van der Waals surface area contributed by atoms with Crippen molar-refractivity contribution in [1.29, 1.82) is 0 Å². The number of hydrogen-bond acceptors (Lipinski definition) is 5. The zero-order valence-electron chi connectivity index (χ0n) is 20.0. The summed E-state index contributed by atoms with van der Waals surface area (Å²) in [5.41, 5.74) is 0.876. The highest BCUT2D eigenvalue weighted by Gasteiger charge is 2.42. The molecule has 2 atom stereocenters. The maximum atomic E-state index is 13.5. The van der Waals surface area contributed by atoms with E-state index in [2.05, 4.69) is 12.2 Å². The molecule has 1 aromatic carbocycles. The molecule has 3 rings (SSSR count). The van der Waals surface area contributed by atoms with Crippen LogP contribution < -0.4 is 10.1 Å². The zero-order chi connectivity index (χ0) is 23.8. The lowest BCUT2D eigenvalue weighted by atomic mass is 9.82. The van der Waals surface area contributed by atoms with Crippen LogP contribution in [0.1, 0.15) is 64.0 Å². The van der Waals surface area contributed by atoms with E-state index < -0.39 is 0 Å². The number of rotatable bonds is 8. The van der Waals surface area contributed by atoms with Crippen molar-refractivity contribution in [1.82, 2.24) is 15.1 Å². The topological polar surface area (TPSA) is 88.2 Å². The Morgan fingerprint density at radius 3 is 2.52 bits per heavy atom. The molecule has 2 fully saturated rings. The summed E-state index contributed by atoms with van der Waals surface area (Å²) in [6.07, 6.45) is 3.82. The molecule has 0 bridgehead atoms. The molecular formula is C25H37N3O5. The normalized spacial score (nSPS) is 21.6. The number of piperidine rings is 2. The molecule has 0 aromatic heterocycles. The van der Waals surface area contributed by atoms with Crippen LogP contribution in [0.15, 0.2) is 24.3 Å². The zero-order valence-corrected chi connectivity index (χ0v) is 20.0. The molecule has 0 aliphatic carbocycles. The van der Waals surface area contributed by atoms with Crippen LogP contribution in [0.2, 0.25) is 0 Å².